The van der Waals surface area contributed by atoms with Crippen molar-refractivity contribution in [3.05, 3.63) is 34.9 Å². The number of hydrogen-bond acceptors (Lipinski definition) is 2. The van der Waals surface area contributed by atoms with E-state index < -0.39 is 0 Å². The number of hydrogen-bond donors (Lipinski definition) is 2. The van der Waals surface area contributed by atoms with Crippen LogP contribution in [0.15, 0.2) is 24.3 Å². The third-order valence-electron chi connectivity index (χ3n) is 3.42. The lowest BCUT2D eigenvalue weighted by molar-refractivity contribution is -0.121. The van der Waals surface area contributed by atoms with Gasteiger partial charge in [0, 0.05) is 5.02 Å². The molecule has 0 bridgehead atoms. The summed E-state index contributed by atoms with van der Waals surface area (Å²) in [6, 6.07) is 7.71. The lowest BCUT2D eigenvalue weighted by Crippen LogP contribution is -2.46. The fourth-order valence-electron chi connectivity index (χ4n) is 2.55. The maximum atomic E-state index is 11.6. The number of nitrogens with two attached hydrogens (primary N) is 1. The van der Waals surface area contributed by atoms with E-state index in [1.165, 1.54) is 0 Å². The summed E-state index contributed by atoms with van der Waals surface area (Å²) in [6.07, 6.45) is 4.21. The highest BCUT2D eigenvalue weighted by Crippen LogP contribution is 2.38. The summed E-state index contributed by atoms with van der Waals surface area (Å²) in [6.45, 7) is 0.0370. The number of carbonyl (C=O) groups is 1. The number of carbonyl (C=O) groups excluding carboxylic acids is 1. The van der Waals surface area contributed by atoms with Crippen LogP contribution in [0.2, 0.25) is 5.02 Å². The van der Waals surface area contributed by atoms with Gasteiger partial charge in [-0.25, -0.2) is 0 Å². The van der Waals surface area contributed by atoms with Crippen LogP contribution >= 0.6 is 24.0 Å². The molecule has 0 saturated heterocycles. The molecule has 1 aliphatic rings. The molecule has 1 saturated carbocycles. The average Bonchev–Trinajstić information content (AvgIpc) is 2.79. The highest BCUT2D eigenvalue weighted by molar-refractivity contribution is 6.30. The van der Waals surface area contributed by atoms with E-state index in [1.807, 2.05) is 24.3 Å². The van der Waals surface area contributed by atoms with Crippen LogP contribution in [-0.4, -0.2) is 12.5 Å². The van der Waals surface area contributed by atoms with Gasteiger partial charge < -0.3 is 11.1 Å². The van der Waals surface area contributed by atoms with Crippen LogP contribution in [0.25, 0.3) is 0 Å². The van der Waals surface area contributed by atoms with Gasteiger partial charge in [0.2, 0.25) is 5.91 Å². The minimum Gasteiger partial charge on any atom is -0.345 e. The van der Waals surface area contributed by atoms with Gasteiger partial charge in [-0.2, -0.15) is 0 Å². The molecule has 1 fully saturated rings. The van der Waals surface area contributed by atoms with Gasteiger partial charge in [-0.1, -0.05) is 36.6 Å². The Morgan fingerprint density at radius 1 is 1.28 bits per heavy atom. The van der Waals surface area contributed by atoms with Crippen LogP contribution in [-0.2, 0) is 10.3 Å². The fourth-order valence-corrected chi connectivity index (χ4v) is 2.68. The predicted molar refractivity (Wildman–Crippen MR) is 76.0 cm³/mol. The molecule has 0 spiro atoms. The third-order valence-corrected chi connectivity index (χ3v) is 3.67. The molecule has 0 atom stereocenters. The van der Waals surface area contributed by atoms with Gasteiger partial charge in [-0.3, -0.25) is 4.79 Å². The molecule has 0 unspecified atom stereocenters. The quantitative estimate of drug-likeness (QED) is 0.898. The summed E-state index contributed by atoms with van der Waals surface area (Å²) >= 11 is 5.89. The van der Waals surface area contributed by atoms with Crippen molar-refractivity contribution in [2.45, 2.75) is 31.2 Å². The second-order valence-corrected chi connectivity index (χ2v) is 4.98. The number of rotatable bonds is 3. The standard InChI is InChI=1S/C13H17ClN2O.ClH/c14-11-5-3-10(4-6-11)13(7-1-2-8-13)16-12(17)9-15;/h3-6H,1-2,7-9,15H2,(H,16,17);1H. The maximum absolute atomic E-state index is 11.6. The Balaban J connectivity index is 0.00000162. The minimum absolute atomic E-state index is 0. The lowest BCUT2D eigenvalue weighted by Gasteiger charge is -2.31. The molecule has 0 aromatic heterocycles. The number of benzene rings is 1. The SMILES string of the molecule is Cl.NCC(=O)NC1(c2ccc(Cl)cc2)CCCC1. The number of halogens is 2. The highest BCUT2D eigenvalue weighted by Gasteiger charge is 2.36. The van der Waals surface area contributed by atoms with Crippen molar-refractivity contribution in [1.29, 1.82) is 0 Å². The lowest BCUT2D eigenvalue weighted by atomic mass is 9.88. The van der Waals surface area contributed by atoms with E-state index in [-0.39, 0.29) is 30.4 Å². The zero-order valence-corrected chi connectivity index (χ0v) is 11.7. The molecular weight excluding hydrogens is 271 g/mol. The Labute approximate surface area is 118 Å². The molecule has 1 aromatic rings. The van der Waals surface area contributed by atoms with E-state index in [2.05, 4.69) is 5.32 Å². The molecule has 100 valence electrons. The smallest absolute Gasteiger partial charge is 0.234 e. The molecule has 2 rings (SSSR count). The first-order valence-electron chi connectivity index (χ1n) is 5.93. The van der Waals surface area contributed by atoms with Gasteiger partial charge in [0.15, 0.2) is 0 Å². The van der Waals surface area contributed by atoms with Crippen LogP contribution in [0.1, 0.15) is 31.2 Å². The van der Waals surface area contributed by atoms with Gasteiger partial charge in [-0.15, -0.1) is 12.4 Å². The summed E-state index contributed by atoms with van der Waals surface area (Å²) in [4.78, 5) is 11.6. The molecule has 3 N–H and O–H groups in total. The van der Waals surface area contributed by atoms with Crippen LogP contribution < -0.4 is 11.1 Å². The summed E-state index contributed by atoms with van der Waals surface area (Å²) in [5, 5.41) is 3.79. The molecule has 1 aliphatic carbocycles. The van der Waals surface area contributed by atoms with Crippen LogP contribution in [0.3, 0.4) is 0 Å². The van der Waals surface area contributed by atoms with Gasteiger partial charge in [-0.05, 0) is 30.5 Å². The van der Waals surface area contributed by atoms with Crippen LogP contribution in [0.5, 0.6) is 0 Å². The van der Waals surface area contributed by atoms with Crippen molar-refractivity contribution in [2.24, 2.45) is 5.73 Å². The van der Waals surface area contributed by atoms with E-state index >= 15 is 0 Å². The maximum Gasteiger partial charge on any atom is 0.234 e. The summed E-state index contributed by atoms with van der Waals surface area (Å²) in [5.41, 5.74) is 6.27. The summed E-state index contributed by atoms with van der Waals surface area (Å²) in [7, 11) is 0. The molecule has 18 heavy (non-hydrogen) atoms. The molecule has 0 radical (unpaired) electrons. The van der Waals surface area contributed by atoms with E-state index in [1.54, 1.807) is 0 Å². The first-order valence-corrected chi connectivity index (χ1v) is 6.31. The van der Waals surface area contributed by atoms with Crippen molar-refractivity contribution in [2.75, 3.05) is 6.54 Å². The summed E-state index contributed by atoms with van der Waals surface area (Å²) < 4.78 is 0. The Morgan fingerprint density at radius 2 is 1.83 bits per heavy atom. The minimum atomic E-state index is -0.235. The van der Waals surface area contributed by atoms with Crippen molar-refractivity contribution >= 4 is 29.9 Å². The largest absolute Gasteiger partial charge is 0.345 e. The Bertz CT molecular complexity index is 400. The second kappa shape index (κ2) is 6.41. The van der Waals surface area contributed by atoms with E-state index in [0.29, 0.717) is 5.02 Å². The summed E-state index contributed by atoms with van der Waals surface area (Å²) in [5.74, 6) is -0.0955. The zero-order valence-electron chi connectivity index (χ0n) is 10.1. The average molecular weight is 289 g/mol. The first-order chi connectivity index (χ1) is 8.16. The molecule has 5 heteroatoms. The molecule has 1 amide bonds. The van der Waals surface area contributed by atoms with Gasteiger partial charge in [0.25, 0.3) is 0 Å². The molecule has 0 heterocycles. The number of nitrogens with one attached hydrogen (secondary N) is 1. The third kappa shape index (κ3) is 3.16. The van der Waals surface area contributed by atoms with Crippen LogP contribution in [0, 0.1) is 0 Å². The monoisotopic (exact) mass is 288 g/mol. The zero-order chi connectivity index (χ0) is 12.3. The van der Waals surface area contributed by atoms with Gasteiger partial charge in [0.05, 0.1) is 12.1 Å². The van der Waals surface area contributed by atoms with Gasteiger partial charge in [0.1, 0.15) is 0 Å². The second-order valence-electron chi connectivity index (χ2n) is 4.55. The topological polar surface area (TPSA) is 55.1 Å². The van der Waals surface area contributed by atoms with E-state index in [4.69, 9.17) is 17.3 Å². The van der Waals surface area contributed by atoms with E-state index in [0.717, 1.165) is 31.2 Å². The van der Waals surface area contributed by atoms with Crippen molar-refractivity contribution in [3.63, 3.8) is 0 Å². The molecular formula is C13H18Cl2N2O. The van der Waals surface area contributed by atoms with Gasteiger partial charge >= 0.3 is 0 Å². The van der Waals surface area contributed by atoms with Crippen molar-refractivity contribution in [3.8, 4) is 0 Å². The Kier molecular flexibility index (Phi) is 5.45. The normalized spacial score (nSPS) is 17.0. The Morgan fingerprint density at radius 3 is 2.33 bits per heavy atom. The molecule has 1 aromatic carbocycles. The van der Waals surface area contributed by atoms with E-state index in [9.17, 15) is 4.79 Å². The van der Waals surface area contributed by atoms with Crippen LogP contribution in [0.4, 0.5) is 0 Å². The first kappa shape index (κ1) is 15.3. The fraction of sp³-hybridized carbons (Fsp3) is 0.462. The number of amides is 1. The molecule has 0 aliphatic heterocycles. The van der Waals surface area contributed by atoms with Crippen molar-refractivity contribution in [1.82, 2.24) is 5.32 Å². The highest BCUT2D eigenvalue weighted by atomic mass is 35.5. The molecule has 3 nitrogen and oxygen atoms in total. The predicted octanol–water partition coefficient (Wildman–Crippen LogP) is 2.61. The Hall–Kier alpha value is -0.770. The van der Waals surface area contributed by atoms with Crippen molar-refractivity contribution < 1.29 is 4.79 Å².